The van der Waals surface area contributed by atoms with Crippen LogP contribution in [0.25, 0.3) is 0 Å². The van der Waals surface area contributed by atoms with Crippen molar-refractivity contribution in [2.75, 3.05) is 13.6 Å². The van der Waals surface area contributed by atoms with Crippen LogP contribution in [-0.2, 0) is 0 Å². The van der Waals surface area contributed by atoms with Gasteiger partial charge in [-0.15, -0.1) is 0 Å². The van der Waals surface area contributed by atoms with Crippen molar-refractivity contribution in [2.24, 2.45) is 11.7 Å². The molecule has 1 aliphatic carbocycles. The second-order valence-electron chi connectivity index (χ2n) is 6.26. The number of nitrogens with zero attached hydrogens (tertiary/aromatic N) is 1. The number of rotatable bonds is 5. The van der Waals surface area contributed by atoms with E-state index in [0.29, 0.717) is 0 Å². The molecule has 3 atom stereocenters. The number of nitrogens with two attached hydrogens (primary N) is 1. The molecular weight excluding hydrogens is 312 g/mol. The zero-order chi connectivity index (χ0) is 14.5. The Balaban J connectivity index is 1.84. The van der Waals surface area contributed by atoms with Gasteiger partial charge in [-0.3, -0.25) is 0 Å². The van der Waals surface area contributed by atoms with E-state index < -0.39 is 0 Å². The molecule has 3 unspecified atom stereocenters. The molecule has 3 heteroatoms. The lowest BCUT2D eigenvalue weighted by atomic mass is 9.85. The summed E-state index contributed by atoms with van der Waals surface area (Å²) in [6.07, 6.45) is 6.55. The van der Waals surface area contributed by atoms with Gasteiger partial charge in [0.25, 0.3) is 0 Å². The highest BCUT2D eigenvalue weighted by Crippen LogP contribution is 2.28. The van der Waals surface area contributed by atoms with Crippen LogP contribution in [0, 0.1) is 5.92 Å². The number of hydrogen-bond acceptors (Lipinski definition) is 2. The lowest BCUT2D eigenvalue weighted by Crippen LogP contribution is -2.40. The summed E-state index contributed by atoms with van der Waals surface area (Å²) in [5, 5.41) is 0. The summed E-state index contributed by atoms with van der Waals surface area (Å²) in [4.78, 5) is 2.53. The summed E-state index contributed by atoms with van der Waals surface area (Å²) in [5.41, 5.74) is 7.56. The number of halogens is 1. The molecule has 0 saturated heterocycles. The van der Waals surface area contributed by atoms with Gasteiger partial charge in [0, 0.05) is 16.6 Å². The molecule has 2 rings (SSSR count). The Morgan fingerprint density at radius 2 is 2.10 bits per heavy atom. The lowest BCUT2D eigenvalue weighted by molar-refractivity contribution is 0.136. The fourth-order valence-corrected chi connectivity index (χ4v) is 3.78. The first-order valence-electron chi connectivity index (χ1n) is 7.79. The Morgan fingerprint density at radius 3 is 2.80 bits per heavy atom. The first kappa shape index (κ1) is 16.0. The van der Waals surface area contributed by atoms with Gasteiger partial charge in [0.15, 0.2) is 0 Å². The van der Waals surface area contributed by atoms with E-state index in [2.05, 4.69) is 53.0 Å². The fraction of sp³-hybridized carbons (Fsp3) is 0.647. The molecule has 2 nitrogen and oxygen atoms in total. The van der Waals surface area contributed by atoms with Crippen LogP contribution in [0.3, 0.4) is 0 Å². The molecule has 0 bridgehead atoms. The minimum atomic E-state index is 0.133. The Labute approximate surface area is 131 Å². The van der Waals surface area contributed by atoms with E-state index in [1.54, 1.807) is 0 Å². The second-order valence-corrected chi connectivity index (χ2v) is 7.18. The van der Waals surface area contributed by atoms with Crippen molar-refractivity contribution in [3.05, 3.63) is 34.3 Å². The molecule has 1 aromatic rings. The standard InChI is InChI=1S/C17H27BrN2/c1-13-6-3-4-9-17(13)20(2)11-10-16(19)14-7-5-8-15(18)12-14/h5,7-8,12-13,16-17H,3-4,6,9-11,19H2,1-2H3. The SMILES string of the molecule is CC1CCCCC1N(C)CCC(N)c1cccc(Br)c1. The van der Waals surface area contributed by atoms with E-state index in [0.717, 1.165) is 29.4 Å². The Morgan fingerprint density at radius 1 is 1.35 bits per heavy atom. The van der Waals surface area contributed by atoms with Crippen LogP contribution in [0.5, 0.6) is 0 Å². The zero-order valence-corrected chi connectivity index (χ0v) is 14.3. The van der Waals surface area contributed by atoms with E-state index in [4.69, 9.17) is 5.73 Å². The predicted molar refractivity (Wildman–Crippen MR) is 89.7 cm³/mol. The van der Waals surface area contributed by atoms with Gasteiger partial charge in [0.1, 0.15) is 0 Å². The quantitative estimate of drug-likeness (QED) is 0.864. The fourth-order valence-electron chi connectivity index (χ4n) is 3.36. The van der Waals surface area contributed by atoms with Crippen molar-refractivity contribution in [3.8, 4) is 0 Å². The lowest BCUT2D eigenvalue weighted by Gasteiger charge is -2.36. The largest absolute Gasteiger partial charge is 0.324 e. The first-order valence-corrected chi connectivity index (χ1v) is 8.58. The van der Waals surface area contributed by atoms with Crippen molar-refractivity contribution in [3.63, 3.8) is 0 Å². The van der Waals surface area contributed by atoms with Crippen LogP contribution < -0.4 is 5.73 Å². The van der Waals surface area contributed by atoms with Crippen molar-refractivity contribution < 1.29 is 0 Å². The second kappa shape index (κ2) is 7.58. The Kier molecular flexibility index (Phi) is 6.06. The van der Waals surface area contributed by atoms with Gasteiger partial charge in [0.05, 0.1) is 0 Å². The molecule has 112 valence electrons. The predicted octanol–water partition coefficient (Wildman–Crippen LogP) is 4.35. The molecule has 0 heterocycles. The monoisotopic (exact) mass is 338 g/mol. The topological polar surface area (TPSA) is 29.3 Å². The average molecular weight is 339 g/mol. The minimum Gasteiger partial charge on any atom is -0.324 e. The third-order valence-corrected chi connectivity index (χ3v) is 5.20. The number of hydrogen-bond donors (Lipinski definition) is 1. The highest BCUT2D eigenvalue weighted by atomic mass is 79.9. The van der Waals surface area contributed by atoms with Gasteiger partial charge in [-0.25, -0.2) is 0 Å². The minimum absolute atomic E-state index is 0.133. The summed E-state index contributed by atoms with van der Waals surface area (Å²) >= 11 is 3.51. The molecule has 2 N–H and O–H groups in total. The van der Waals surface area contributed by atoms with Crippen LogP contribution >= 0.6 is 15.9 Å². The summed E-state index contributed by atoms with van der Waals surface area (Å²) in [5.74, 6) is 0.829. The maximum Gasteiger partial charge on any atom is 0.0307 e. The Bertz CT molecular complexity index is 421. The van der Waals surface area contributed by atoms with Gasteiger partial charge >= 0.3 is 0 Å². The normalized spacial score (nSPS) is 24.9. The van der Waals surface area contributed by atoms with E-state index in [-0.39, 0.29) is 6.04 Å². The van der Waals surface area contributed by atoms with Crippen molar-refractivity contribution >= 4 is 15.9 Å². The van der Waals surface area contributed by atoms with Gasteiger partial charge < -0.3 is 10.6 Å². The third kappa shape index (κ3) is 4.31. The van der Waals surface area contributed by atoms with Crippen molar-refractivity contribution in [2.45, 2.75) is 51.1 Å². The first-order chi connectivity index (χ1) is 9.58. The molecule has 1 fully saturated rings. The van der Waals surface area contributed by atoms with Gasteiger partial charge in [-0.1, -0.05) is 47.8 Å². The molecule has 0 aromatic heterocycles. The van der Waals surface area contributed by atoms with Crippen LogP contribution in [-0.4, -0.2) is 24.5 Å². The summed E-state index contributed by atoms with van der Waals surface area (Å²) < 4.78 is 1.11. The van der Waals surface area contributed by atoms with Crippen LogP contribution in [0.4, 0.5) is 0 Å². The molecule has 1 saturated carbocycles. The van der Waals surface area contributed by atoms with Crippen LogP contribution in [0.15, 0.2) is 28.7 Å². The maximum absolute atomic E-state index is 6.33. The van der Waals surface area contributed by atoms with Gasteiger partial charge in [0.2, 0.25) is 0 Å². The maximum atomic E-state index is 6.33. The molecule has 20 heavy (non-hydrogen) atoms. The van der Waals surface area contributed by atoms with E-state index >= 15 is 0 Å². The Hall–Kier alpha value is -0.380. The molecule has 1 aromatic carbocycles. The summed E-state index contributed by atoms with van der Waals surface area (Å²) in [7, 11) is 2.26. The average Bonchev–Trinajstić information content (AvgIpc) is 2.45. The highest BCUT2D eigenvalue weighted by Gasteiger charge is 2.24. The van der Waals surface area contributed by atoms with Gasteiger partial charge in [-0.05, 0) is 56.5 Å². The molecule has 0 aliphatic heterocycles. The van der Waals surface area contributed by atoms with E-state index in [1.165, 1.54) is 31.2 Å². The molecule has 0 radical (unpaired) electrons. The highest BCUT2D eigenvalue weighted by molar-refractivity contribution is 9.10. The van der Waals surface area contributed by atoms with Crippen LogP contribution in [0.1, 0.15) is 50.6 Å². The van der Waals surface area contributed by atoms with Gasteiger partial charge in [-0.2, -0.15) is 0 Å². The smallest absolute Gasteiger partial charge is 0.0307 e. The zero-order valence-electron chi connectivity index (χ0n) is 12.7. The van der Waals surface area contributed by atoms with E-state index in [9.17, 15) is 0 Å². The molecule has 1 aliphatic rings. The molecule has 0 spiro atoms. The number of benzene rings is 1. The molecular formula is C17H27BrN2. The van der Waals surface area contributed by atoms with Crippen LogP contribution in [0.2, 0.25) is 0 Å². The third-order valence-electron chi connectivity index (χ3n) is 4.70. The summed E-state index contributed by atoms with van der Waals surface area (Å²) in [6, 6.07) is 9.25. The summed E-state index contributed by atoms with van der Waals surface area (Å²) in [6.45, 7) is 3.48. The molecule has 0 amide bonds. The van der Waals surface area contributed by atoms with E-state index in [1.807, 2.05) is 6.07 Å². The van der Waals surface area contributed by atoms with Crippen molar-refractivity contribution in [1.29, 1.82) is 0 Å². The van der Waals surface area contributed by atoms with Crippen molar-refractivity contribution in [1.82, 2.24) is 4.90 Å².